The molecule has 1 N–H and O–H groups in total. The van der Waals surface area contributed by atoms with E-state index in [-0.39, 0.29) is 0 Å². The average molecular weight is 253 g/mol. The van der Waals surface area contributed by atoms with Crippen molar-refractivity contribution in [1.82, 2.24) is 10.3 Å². The van der Waals surface area contributed by atoms with Crippen molar-refractivity contribution >= 4 is 11.6 Å². The minimum atomic E-state index is 0.619. The molecule has 4 nitrogen and oxygen atoms in total. The standard InChI is InChI=1S/C12H13ClN2O2/c1-16-12-3-2-9(4-11(12)13)5-14-6-10-7-17-8-15-10/h2-4,7-8,14H,5-6H2,1H3. The third-order valence-electron chi connectivity index (χ3n) is 2.33. The van der Waals surface area contributed by atoms with Crippen molar-refractivity contribution in [3.05, 3.63) is 47.1 Å². The van der Waals surface area contributed by atoms with Gasteiger partial charge in [-0.3, -0.25) is 0 Å². The van der Waals surface area contributed by atoms with Gasteiger partial charge in [0.1, 0.15) is 12.0 Å². The third-order valence-corrected chi connectivity index (χ3v) is 2.63. The molecule has 2 rings (SSSR count). The van der Waals surface area contributed by atoms with Gasteiger partial charge in [0.2, 0.25) is 0 Å². The molecule has 0 aliphatic heterocycles. The van der Waals surface area contributed by atoms with Gasteiger partial charge in [0.25, 0.3) is 0 Å². The molecular formula is C12H13ClN2O2. The molecule has 0 atom stereocenters. The molecule has 0 fully saturated rings. The lowest BCUT2D eigenvalue weighted by atomic mass is 10.2. The number of halogens is 1. The molecule has 0 radical (unpaired) electrons. The highest BCUT2D eigenvalue weighted by Crippen LogP contribution is 2.24. The SMILES string of the molecule is COc1ccc(CNCc2cocn2)cc1Cl. The average Bonchev–Trinajstić information content (AvgIpc) is 2.82. The predicted octanol–water partition coefficient (Wildman–Crippen LogP) is 2.63. The van der Waals surface area contributed by atoms with Gasteiger partial charge in [-0.1, -0.05) is 17.7 Å². The number of ether oxygens (including phenoxy) is 1. The quantitative estimate of drug-likeness (QED) is 0.889. The fourth-order valence-electron chi connectivity index (χ4n) is 1.48. The van der Waals surface area contributed by atoms with E-state index in [0.717, 1.165) is 17.8 Å². The Kier molecular flexibility index (Phi) is 4.01. The lowest BCUT2D eigenvalue weighted by Crippen LogP contribution is -2.12. The topological polar surface area (TPSA) is 47.3 Å². The number of methoxy groups -OCH3 is 1. The van der Waals surface area contributed by atoms with Crippen molar-refractivity contribution in [2.24, 2.45) is 0 Å². The number of nitrogens with one attached hydrogen (secondary N) is 1. The van der Waals surface area contributed by atoms with Gasteiger partial charge in [-0.25, -0.2) is 4.98 Å². The van der Waals surface area contributed by atoms with E-state index in [4.69, 9.17) is 20.8 Å². The van der Waals surface area contributed by atoms with Gasteiger partial charge in [0.05, 0.1) is 17.8 Å². The van der Waals surface area contributed by atoms with Crippen LogP contribution in [0.3, 0.4) is 0 Å². The minimum absolute atomic E-state index is 0.619. The largest absolute Gasteiger partial charge is 0.495 e. The lowest BCUT2D eigenvalue weighted by molar-refractivity contribution is 0.415. The van der Waals surface area contributed by atoms with Crippen LogP contribution in [0.25, 0.3) is 0 Å². The normalized spacial score (nSPS) is 10.5. The summed E-state index contributed by atoms with van der Waals surface area (Å²) in [6.45, 7) is 1.39. The molecule has 0 saturated heterocycles. The molecule has 5 heteroatoms. The summed E-state index contributed by atoms with van der Waals surface area (Å²) >= 11 is 6.03. The zero-order chi connectivity index (χ0) is 12.1. The molecule has 17 heavy (non-hydrogen) atoms. The lowest BCUT2D eigenvalue weighted by Gasteiger charge is -2.06. The van der Waals surface area contributed by atoms with E-state index in [1.54, 1.807) is 13.4 Å². The first-order chi connectivity index (χ1) is 8.29. The highest BCUT2D eigenvalue weighted by Gasteiger charge is 2.02. The van der Waals surface area contributed by atoms with Crippen molar-refractivity contribution in [1.29, 1.82) is 0 Å². The number of hydrogen-bond acceptors (Lipinski definition) is 4. The molecule has 1 aromatic heterocycles. The highest BCUT2D eigenvalue weighted by atomic mass is 35.5. The van der Waals surface area contributed by atoms with Crippen LogP contribution in [0.2, 0.25) is 5.02 Å². The Hall–Kier alpha value is -1.52. The number of aromatic nitrogens is 1. The first-order valence-electron chi connectivity index (χ1n) is 5.20. The molecule has 0 aliphatic rings. The molecule has 0 aliphatic carbocycles. The van der Waals surface area contributed by atoms with Gasteiger partial charge in [0, 0.05) is 13.1 Å². The molecule has 0 unspecified atom stereocenters. The minimum Gasteiger partial charge on any atom is -0.495 e. The second-order valence-electron chi connectivity index (χ2n) is 3.55. The van der Waals surface area contributed by atoms with Crippen LogP contribution in [0.5, 0.6) is 5.75 Å². The van der Waals surface area contributed by atoms with E-state index in [0.29, 0.717) is 17.3 Å². The fraction of sp³-hybridized carbons (Fsp3) is 0.250. The van der Waals surface area contributed by atoms with Crippen LogP contribution in [0.15, 0.2) is 35.3 Å². The number of oxazole rings is 1. The molecule has 1 aromatic carbocycles. The summed E-state index contributed by atoms with van der Waals surface area (Å²) < 4.78 is 9.97. The molecule has 0 bridgehead atoms. The van der Waals surface area contributed by atoms with E-state index < -0.39 is 0 Å². The molecular weight excluding hydrogens is 240 g/mol. The number of rotatable bonds is 5. The molecule has 2 aromatic rings. The van der Waals surface area contributed by atoms with Crippen LogP contribution < -0.4 is 10.1 Å². The Morgan fingerprint density at radius 3 is 2.94 bits per heavy atom. The van der Waals surface area contributed by atoms with E-state index in [1.807, 2.05) is 18.2 Å². The summed E-state index contributed by atoms with van der Waals surface area (Å²) in [6.07, 6.45) is 3.04. The number of benzene rings is 1. The van der Waals surface area contributed by atoms with Gasteiger partial charge < -0.3 is 14.5 Å². The second-order valence-corrected chi connectivity index (χ2v) is 3.96. The second kappa shape index (κ2) is 5.70. The smallest absolute Gasteiger partial charge is 0.180 e. The van der Waals surface area contributed by atoms with E-state index in [2.05, 4.69) is 10.3 Å². The zero-order valence-corrected chi connectivity index (χ0v) is 10.2. The van der Waals surface area contributed by atoms with Crippen LogP contribution in [-0.4, -0.2) is 12.1 Å². The Balaban J connectivity index is 1.89. The first kappa shape index (κ1) is 12.0. The summed E-state index contributed by atoms with van der Waals surface area (Å²) in [6, 6.07) is 5.71. The molecule has 1 heterocycles. The number of nitrogens with zero attached hydrogens (tertiary/aromatic N) is 1. The monoisotopic (exact) mass is 252 g/mol. The zero-order valence-electron chi connectivity index (χ0n) is 9.44. The Bertz CT molecular complexity index is 471. The highest BCUT2D eigenvalue weighted by molar-refractivity contribution is 6.32. The van der Waals surface area contributed by atoms with Crippen molar-refractivity contribution in [2.45, 2.75) is 13.1 Å². The molecule has 0 amide bonds. The maximum atomic E-state index is 6.03. The van der Waals surface area contributed by atoms with Crippen LogP contribution in [-0.2, 0) is 13.1 Å². The maximum absolute atomic E-state index is 6.03. The third kappa shape index (κ3) is 3.22. The first-order valence-corrected chi connectivity index (χ1v) is 5.57. The van der Waals surface area contributed by atoms with Crippen molar-refractivity contribution in [3.63, 3.8) is 0 Å². The molecule has 0 saturated carbocycles. The summed E-state index contributed by atoms with van der Waals surface area (Å²) in [5.41, 5.74) is 1.98. The molecule has 0 spiro atoms. The van der Waals surface area contributed by atoms with Gasteiger partial charge in [0.15, 0.2) is 6.39 Å². The Labute approximate surface area is 105 Å². The predicted molar refractivity (Wildman–Crippen MR) is 65.1 cm³/mol. The van der Waals surface area contributed by atoms with Crippen LogP contribution in [0, 0.1) is 0 Å². The van der Waals surface area contributed by atoms with E-state index >= 15 is 0 Å². The Morgan fingerprint density at radius 1 is 1.41 bits per heavy atom. The van der Waals surface area contributed by atoms with E-state index in [1.165, 1.54) is 6.39 Å². The van der Waals surface area contributed by atoms with Gasteiger partial charge in [-0.05, 0) is 17.7 Å². The van der Waals surface area contributed by atoms with Crippen molar-refractivity contribution < 1.29 is 9.15 Å². The van der Waals surface area contributed by atoms with Crippen LogP contribution in [0.1, 0.15) is 11.3 Å². The van der Waals surface area contributed by atoms with Crippen LogP contribution in [0.4, 0.5) is 0 Å². The fourth-order valence-corrected chi connectivity index (χ4v) is 1.76. The van der Waals surface area contributed by atoms with Gasteiger partial charge in [-0.2, -0.15) is 0 Å². The van der Waals surface area contributed by atoms with Gasteiger partial charge >= 0.3 is 0 Å². The van der Waals surface area contributed by atoms with Crippen LogP contribution >= 0.6 is 11.6 Å². The summed E-state index contributed by atoms with van der Waals surface area (Å²) in [5, 5.41) is 3.87. The number of hydrogen-bond donors (Lipinski definition) is 1. The Morgan fingerprint density at radius 2 is 2.29 bits per heavy atom. The maximum Gasteiger partial charge on any atom is 0.180 e. The summed E-state index contributed by atoms with van der Waals surface area (Å²) in [5.74, 6) is 0.687. The van der Waals surface area contributed by atoms with Crippen molar-refractivity contribution in [2.75, 3.05) is 7.11 Å². The molecule has 90 valence electrons. The van der Waals surface area contributed by atoms with E-state index in [9.17, 15) is 0 Å². The van der Waals surface area contributed by atoms with Crippen molar-refractivity contribution in [3.8, 4) is 5.75 Å². The summed E-state index contributed by atoms with van der Waals surface area (Å²) in [4.78, 5) is 4.02. The summed E-state index contributed by atoms with van der Waals surface area (Å²) in [7, 11) is 1.60. The van der Waals surface area contributed by atoms with Gasteiger partial charge in [-0.15, -0.1) is 0 Å².